The fourth-order valence-electron chi connectivity index (χ4n) is 8.49. The summed E-state index contributed by atoms with van der Waals surface area (Å²) in [6.45, 7) is 7.00. The minimum Gasteiger partial charge on any atom is -0.393 e. The maximum atomic E-state index is 11.9. The molecule has 132 valence electrons. The van der Waals surface area contributed by atoms with Gasteiger partial charge >= 0.3 is 0 Å². The molecule has 10 atom stereocenters. The first kappa shape index (κ1) is 15.6. The Morgan fingerprint density at radius 3 is 2.79 bits per heavy atom. The first-order valence-corrected chi connectivity index (χ1v) is 10.3. The molecule has 2 nitrogen and oxygen atoms in total. The molecule has 0 heterocycles. The number of aliphatic hydroxyl groups is 1. The van der Waals surface area contributed by atoms with Gasteiger partial charge in [-0.05, 0) is 97.9 Å². The van der Waals surface area contributed by atoms with E-state index in [1.165, 1.54) is 24.8 Å². The number of rotatable bonds is 1. The molecule has 5 aliphatic rings. The van der Waals surface area contributed by atoms with E-state index in [0.717, 1.165) is 48.9 Å². The normalized spacial score (nSPS) is 56.5. The van der Waals surface area contributed by atoms with E-state index in [4.69, 9.17) is 0 Å². The van der Waals surface area contributed by atoms with Crippen molar-refractivity contribution in [3.8, 4) is 0 Å². The lowest BCUT2D eigenvalue weighted by Crippen LogP contribution is -2.52. The third kappa shape index (κ3) is 1.90. The summed E-state index contributed by atoms with van der Waals surface area (Å²) in [6, 6.07) is 0. The predicted octanol–water partition coefficient (Wildman–Crippen LogP) is 4.23. The summed E-state index contributed by atoms with van der Waals surface area (Å²) in [7, 11) is 0. The van der Waals surface area contributed by atoms with E-state index < -0.39 is 0 Å². The van der Waals surface area contributed by atoms with Crippen LogP contribution in [0.25, 0.3) is 0 Å². The van der Waals surface area contributed by atoms with Gasteiger partial charge in [0.1, 0.15) is 0 Å². The van der Waals surface area contributed by atoms with Crippen LogP contribution in [0.5, 0.6) is 0 Å². The van der Waals surface area contributed by atoms with Crippen molar-refractivity contribution in [2.45, 2.75) is 65.4 Å². The summed E-state index contributed by atoms with van der Waals surface area (Å²) in [5.41, 5.74) is 1.85. The summed E-state index contributed by atoms with van der Waals surface area (Å²) in [5, 5.41) is 10.5. The Hall–Kier alpha value is -0.630. The van der Waals surface area contributed by atoms with Crippen LogP contribution in [0.15, 0.2) is 11.6 Å². The second kappa shape index (κ2) is 4.96. The number of aliphatic hydroxyl groups excluding tert-OH is 1. The Morgan fingerprint density at radius 1 is 1.25 bits per heavy atom. The van der Waals surface area contributed by atoms with E-state index in [1.54, 1.807) is 0 Å². The molecule has 5 rings (SSSR count). The molecule has 0 aromatic heterocycles. The van der Waals surface area contributed by atoms with Gasteiger partial charge in [0.2, 0.25) is 0 Å². The summed E-state index contributed by atoms with van der Waals surface area (Å²) in [6.07, 6.45) is 8.90. The number of allylic oxidation sites excluding steroid dienone is 1. The SMILES string of the molecule is C[C@@H]1CC2=CC(=O)CC[C@@H]2[C@H]2CC[C@@]3(C)[C@H]([C@@H]4C[C@@H]4[C@H]3[C@@H](C)O)[C@@H]21. The van der Waals surface area contributed by atoms with Gasteiger partial charge in [-0.15, -0.1) is 0 Å². The number of fused-ring (bicyclic) bond motifs is 7. The first-order valence-electron chi connectivity index (χ1n) is 10.3. The predicted molar refractivity (Wildman–Crippen MR) is 94.2 cm³/mol. The first-order chi connectivity index (χ1) is 11.4. The number of carbonyl (C=O) groups is 1. The van der Waals surface area contributed by atoms with Crippen molar-refractivity contribution in [2.24, 2.45) is 52.8 Å². The minimum atomic E-state index is -0.145. The molecule has 5 aliphatic carbocycles. The highest BCUT2D eigenvalue weighted by atomic mass is 16.3. The molecule has 0 amide bonds. The van der Waals surface area contributed by atoms with Crippen LogP contribution in [0.2, 0.25) is 0 Å². The van der Waals surface area contributed by atoms with Gasteiger partial charge in [-0.3, -0.25) is 4.79 Å². The van der Waals surface area contributed by atoms with Gasteiger partial charge in [0.05, 0.1) is 6.10 Å². The molecular formula is C22H32O2. The monoisotopic (exact) mass is 328 g/mol. The van der Waals surface area contributed by atoms with E-state index in [9.17, 15) is 9.90 Å². The van der Waals surface area contributed by atoms with Gasteiger partial charge in [0.15, 0.2) is 5.78 Å². The Bertz CT molecular complexity index is 605. The van der Waals surface area contributed by atoms with E-state index >= 15 is 0 Å². The van der Waals surface area contributed by atoms with Crippen LogP contribution in [-0.4, -0.2) is 17.0 Å². The fourth-order valence-corrected chi connectivity index (χ4v) is 8.49. The van der Waals surface area contributed by atoms with Crippen molar-refractivity contribution >= 4 is 5.78 Å². The highest BCUT2D eigenvalue weighted by Gasteiger charge is 2.70. The number of ketones is 1. The number of carbonyl (C=O) groups excluding carboxylic acids is 1. The average Bonchev–Trinajstić information content (AvgIpc) is 3.21. The van der Waals surface area contributed by atoms with Crippen LogP contribution >= 0.6 is 0 Å². The quantitative estimate of drug-likeness (QED) is 0.782. The van der Waals surface area contributed by atoms with Crippen LogP contribution in [-0.2, 0) is 4.79 Å². The minimum absolute atomic E-state index is 0.145. The van der Waals surface area contributed by atoms with Gasteiger partial charge < -0.3 is 5.11 Å². The van der Waals surface area contributed by atoms with Gasteiger partial charge in [-0.1, -0.05) is 19.4 Å². The Balaban J connectivity index is 1.51. The third-order valence-electron chi connectivity index (χ3n) is 9.04. The summed E-state index contributed by atoms with van der Waals surface area (Å²) >= 11 is 0. The van der Waals surface area contributed by atoms with E-state index in [1.807, 2.05) is 13.0 Å². The van der Waals surface area contributed by atoms with Crippen LogP contribution in [0, 0.1) is 52.8 Å². The number of hydrogen-bond acceptors (Lipinski definition) is 2. The molecule has 0 radical (unpaired) electrons. The van der Waals surface area contributed by atoms with Crippen LogP contribution in [0.3, 0.4) is 0 Å². The average molecular weight is 328 g/mol. The zero-order chi connectivity index (χ0) is 16.8. The Kier molecular flexibility index (Phi) is 3.23. The van der Waals surface area contributed by atoms with E-state index in [-0.39, 0.29) is 6.10 Å². The molecule has 24 heavy (non-hydrogen) atoms. The van der Waals surface area contributed by atoms with Crippen molar-refractivity contribution in [3.63, 3.8) is 0 Å². The van der Waals surface area contributed by atoms with Crippen molar-refractivity contribution in [1.29, 1.82) is 0 Å². The molecule has 0 bridgehead atoms. The molecule has 0 saturated heterocycles. The van der Waals surface area contributed by atoms with Crippen molar-refractivity contribution < 1.29 is 9.90 Å². The van der Waals surface area contributed by atoms with E-state index in [0.29, 0.717) is 29.0 Å². The molecule has 2 heteroatoms. The topological polar surface area (TPSA) is 37.3 Å². The zero-order valence-corrected chi connectivity index (χ0v) is 15.4. The fraction of sp³-hybridized carbons (Fsp3) is 0.864. The molecular weight excluding hydrogens is 296 g/mol. The second-order valence-corrected chi connectivity index (χ2v) is 10.2. The third-order valence-corrected chi connectivity index (χ3v) is 9.04. The molecule has 0 spiro atoms. The molecule has 1 N–H and O–H groups in total. The van der Waals surface area contributed by atoms with Crippen molar-refractivity contribution in [2.75, 3.05) is 0 Å². The molecule has 0 aromatic carbocycles. The van der Waals surface area contributed by atoms with Crippen molar-refractivity contribution in [1.82, 2.24) is 0 Å². The maximum Gasteiger partial charge on any atom is 0.155 e. The summed E-state index contributed by atoms with van der Waals surface area (Å²) in [4.78, 5) is 11.9. The Labute approximate surface area is 146 Å². The lowest BCUT2D eigenvalue weighted by Gasteiger charge is -2.57. The maximum absolute atomic E-state index is 11.9. The summed E-state index contributed by atoms with van der Waals surface area (Å²) in [5.74, 6) is 6.46. The van der Waals surface area contributed by atoms with Crippen molar-refractivity contribution in [3.05, 3.63) is 11.6 Å². The van der Waals surface area contributed by atoms with Gasteiger partial charge in [0, 0.05) is 6.42 Å². The molecule has 0 aromatic rings. The Morgan fingerprint density at radius 2 is 2.04 bits per heavy atom. The van der Waals surface area contributed by atoms with E-state index in [2.05, 4.69) is 13.8 Å². The smallest absolute Gasteiger partial charge is 0.155 e. The number of hydrogen-bond donors (Lipinski definition) is 1. The second-order valence-electron chi connectivity index (χ2n) is 10.2. The lowest BCUT2D eigenvalue weighted by molar-refractivity contribution is -0.117. The largest absolute Gasteiger partial charge is 0.393 e. The molecule has 0 unspecified atom stereocenters. The van der Waals surface area contributed by atoms with Crippen LogP contribution < -0.4 is 0 Å². The highest BCUT2D eigenvalue weighted by molar-refractivity contribution is 5.91. The van der Waals surface area contributed by atoms with Gasteiger partial charge in [-0.25, -0.2) is 0 Å². The van der Waals surface area contributed by atoms with Crippen LogP contribution in [0.1, 0.15) is 59.3 Å². The molecule has 4 saturated carbocycles. The molecule has 4 fully saturated rings. The van der Waals surface area contributed by atoms with Crippen LogP contribution in [0.4, 0.5) is 0 Å². The van der Waals surface area contributed by atoms with Gasteiger partial charge in [0.25, 0.3) is 0 Å². The lowest BCUT2D eigenvalue weighted by atomic mass is 9.47. The van der Waals surface area contributed by atoms with Gasteiger partial charge in [-0.2, -0.15) is 0 Å². The zero-order valence-electron chi connectivity index (χ0n) is 15.4. The summed E-state index contributed by atoms with van der Waals surface area (Å²) < 4.78 is 0. The highest BCUT2D eigenvalue weighted by Crippen LogP contribution is 2.75. The molecule has 0 aliphatic heterocycles. The standard InChI is InChI=1S/C22H32O2/c1-11-8-13-9-14(24)4-5-15(13)16-6-7-22(3)20(12(2)23)17-10-18(17)21(22)19(11)16/h9,11-12,15-21,23H,4-8,10H2,1-3H3/t11-,12-,15+,16-,17+,18-,19-,20-,21-,22-/m1/s1.